The van der Waals surface area contributed by atoms with E-state index >= 15 is 0 Å². The van der Waals surface area contributed by atoms with Crippen LogP contribution in [-0.2, 0) is 10.8 Å². The molecule has 23 heavy (non-hydrogen) atoms. The van der Waals surface area contributed by atoms with Crippen molar-refractivity contribution < 1.29 is 4.43 Å². The van der Waals surface area contributed by atoms with Gasteiger partial charge in [-0.15, -0.1) is 0 Å². The molecule has 0 N–H and O–H groups in total. The highest BCUT2D eigenvalue weighted by Gasteiger charge is 2.37. The minimum Gasteiger partial charge on any atom is -0.412 e. The Labute approximate surface area is 141 Å². The van der Waals surface area contributed by atoms with Gasteiger partial charge >= 0.3 is 0 Å². The minimum atomic E-state index is -1.85. The molecule has 1 aliphatic rings. The number of benzene rings is 2. The zero-order valence-corrected chi connectivity index (χ0v) is 15.7. The van der Waals surface area contributed by atoms with Gasteiger partial charge in [-0.3, -0.25) is 0 Å². The molecule has 0 atom stereocenters. The van der Waals surface area contributed by atoms with E-state index < -0.39 is 8.32 Å². The molecule has 0 heterocycles. The van der Waals surface area contributed by atoms with Crippen LogP contribution in [0.4, 0.5) is 0 Å². The summed E-state index contributed by atoms with van der Waals surface area (Å²) in [5.41, 5.74) is 5.88. The van der Waals surface area contributed by atoms with Gasteiger partial charge in [0.05, 0.1) is 0 Å². The fourth-order valence-corrected chi connectivity index (χ4v) is 7.44. The van der Waals surface area contributed by atoms with Crippen LogP contribution in [0, 0.1) is 0 Å². The topological polar surface area (TPSA) is 9.23 Å². The van der Waals surface area contributed by atoms with Crippen molar-refractivity contribution in [1.29, 1.82) is 0 Å². The Kier molecular flexibility index (Phi) is 5.03. The van der Waals surface area contributed by atoms with Crippen molar-refractivity contribution in [3.63, 3.8) is 0 Å². The van der Waals surface area contributed by atoms with Crippen molar-refractivity contribution in [2.45, 2.75) is 52.1 Å². The molecule has 0 aromatic heterocycles. The minimum absolute atomic E-state index is 0.918. The highest BCUT2D eigenvalue weighted by atomic mass is 28.4. The molecule has 0 saturated carbocycles. The van der Waals surface area contributed by atoms with Crippen molar-refractivity contribution in [3.8, 4) is 11.1 Å². The molecule has 0 unspecified atom stereocenters. The summed E-state index contributed by atoms with van der Waals surface area (Å²) in [5.74, 6) is 0. The Morgan fingerprint density at radius 2 is 1.65 bits per heavy atom. The molecule has 3 rings (SSSR count). The summed E-state index contributed by atoms with van der Waals surface area (Å²) >= 11 is 0. The van der Waals surface area contributed by atoms with Gasteiger partial charge in [0.1, 0.15) is 0 Å². The first-order valence-electron chi connectivity index (χ1n) is 9.10. The SMILES string of the molecule is CCCCO[Si](CC)(CC)c1cccc2c1Cc1ccccc1-2. The van der Waals surface area contributed by atoms with E-state index in [0.717, 1.165) is 13.0 Å². The third-order valence-electron chi connectivity index (χ3n) is 5.36. The van der Waals surface area contributed by atoms with Gasteiger partial charge in [-0.2, -0.15) is 0 Å². The first kappa shape index (κ1) is 16.5. The molecule has 122 valence electrons. The molecule has 2 aromatic rings. The maximum absolute atomic E-state index is 6.62. The molecule has 0 radical (unpaired) electrons. The number of unbranched alkanes of at least 4 members (excludes halogenated alkanes) is 1. The lowest BCUT2D eigenvalue weighted by Crippen LogP contribution is -2.51. The smallest absolute Gasteiger partial charge is 0.223 e. The summed E-state index contributed by atoms with van der Waals surface area (Å²) in [7, 11) is -1.85. The van der Waals surface area contributed by atoms with Gasteiger partial charge < -0.3 is 4.43 Å². The Balaban J connectivity index is 2.03. The number of fused-ring (bicyclic) bond motifs is 3. The van der Waals surface area contributed by atoms with E-state index in [1.54, 1.807) is 10.8 Å². The predicted molar refractivity (Wildman–Crippen MR) is 102 cm³/mol. The van der Waals surface area contributed by atoms with Gasteiger partial charge in [-0.25, -0.2) is 0 Å². The monoisotopic (exact) mass is 324 g/mol. The van der Waals surface area contributed by atoms with Crippen LogP contribution in [0.15, 0.2) is 42.5 Å². The predicted octanol–water partition coefficient (Wildman–Crippen LogP) is 5.27. The molecule has 2 heteroatoms. The average molecular weight is 325 g/mol. The normalized spacial score (nSPS) is 13.0. The molecular formula is C21H28OSi. The Hall–Kier alpha value is -1.38. The fraction of sp³-hybridized carbons (Fsp3) is 0.429. The van der Waals surface area contributed by atoms with Crippen LogP contribution in [0.3, 0.4) is 0 Å². The molecule has 0 spiro atoms. The fourth-order valence-electron chi connectivity index (χ4n) is 3.91. The van der Waals surface area contributed by atoms with E-state index in [-0.39, 0.29) is 0 Å². The van der Waals surface area contributed by atoms with Crippen molar-refractivity contribution >= 4 is 13.5 Å². The lowest BCUT2D eigenvalue weighted by atomic mass is 10.1. The van der Waals surface area contributed by atoms with Gasteiger partial charge in [0.15, 0.2) is 0 Å². The third-order valence-corrected chi connectivity index (χ3v) is 9.85. The van der Waals surface area contributed by atoms with Gasteiger partial charge in [0, 0.05) is 6.61 Å². The van der Waals surface area contributed by atoms with Crippen LogP contribution in [-0.4, -0.2) is 14.9 Å². The second-order valence-corrected chi connectivity index (χ2v) is 10.8. The standard InChI is InChI=1S/C21H28OSi/c1-4-7-15-22-23(5-2,6-3)21-14-10-13-19-18-12-9-8-11-17(18)16-20(19)21/h8-14H,4-7,15-16H2,1-3H3. The summed E-state index contributed by atoms with van der Waals surface area (Å²) in [6, 6.07) is 18.1. The van der Waals surface area contributed by atoms with Crippen molar-refractivity contribution in [1.82, 2.24) is 0 Å². The summed E-state index contributed by atoms with van der Waals surface area (Å²) < 4.78 is 6.62. The largest absolute Gasteiger partial charge is 0.412 e. The van der Waals surface area contributed by atoms with Crippen LogP contribution in [0.2, 0.25) is 12.1 Å². The number of hydrogen-bond acceptors (Lipinski definition) is 1. The second kappa shape index (κ2) is 7.02. The van der Waals surface area contributed by atoms with E-state index in [9.17, 15) is 0 Å². The number of hydrogen-bond donors (Lipinski definition) is 0. The maximum Gasteiger partial charge on any atom is 0.223 e. The van der Waals surface area contributed by atoms with Crippen LogP contribution in [0.5, 0.6) is 0 Å². The van der Waals surface area contributed by atoms with Gasteiger partial charge in [-0.05, 0) is 52.4 Å². The maximum atomic E-state index is 6.62. The zero-order valence-electron chi connectivity index (χ0n) is 14.7. The molecule has 2 aromatic carbocycles. The molecule has 0 fully saturated rings. The zero-order chi connectivity index (χ0) is 16.3. The summed E-state index contributed by atoms with van der Waals surface area (Å²) in [6.07, 6.45) is 3.45. The lowest BCUT2D eigenvalue weighted by Gasteiger charge is -2.32. The lowest BCUT2D eigenvalue weighted by molar-refractivity contribution is 0.300. The molecule has 0 bridgehead atoms. The molecule has 1 aliphatic carbocycles. The number of rotatable bonds is 7. The first-order valence-corrected chi connectivity index (χ1v) is 11.4. The van der Waals surface area contributed by atoms with E-state index in [2.05, 4.69) is 63.2 Å². The van der Waals surface area contributed by atoms with Crippen LogP contribution >= 0.6 is 0 Å². The Morgan fingerprint density at radius 3 is 2.39 bits per heavy atom. The second-order valence-electron chi connectivity index (χ2n) is 6.57. The van der Waals surface area contributed by atoms with E-state index in [1.165, 1.54) is 41.6 Å². The summed E-state index contributed by atoms with van der Waals surface area (Å²) in [6.45, 7) is 7.80. The molecule has 0 saturated heterocycles. The van der Waals surface area contributed by atoms with Crippen LogP contribution in [0.1, 0.15) is 44.7 Å². The van der Waals surface area contributed by atoms with Crippen molar-refractivity contribution in [3.05, 3.63) is 53.6 Å². The highest BCUT2D eigenvalue weighted by Crippen LogP contribution is 2.37. The van der Waals surface area contributed by atoms with Gasteiger partial charge in [0.25, 0.3) is 0 Å². The summed E-state index contributed by atoms with van der Waals surface area (Å²) in [5, 5.41) is 1.55. The Morgan fingerprint density at radius 1 is 0.913 bits per heavy atom. The van der Waals surface area contributed by atoms with Gasteiger partial charge in [-0.1, -0.05) is 69.7 Å². The summed E-state index contributed by atoms with van der Waals surface area (Å²) in [4.78, 5) is 0. The molecule has 1 nitrogen and oxygen atoms in total. The van der Waals surface area contributed by atoms with Crippen LogP contribution < -0.4 is 5.19 Å². The van der Waals surface area contributed by atoms with E-state index in [4.69, 9.17) is 4.43 Å². The van der Waals surface area contributed by atoms with E-state index in [1.807, 2.05) is 0 Å². The van der Waals surface area contributed by atoms with Crippen molar-refractivity contribution in [2.75, 3.05) is 6.61 Å². The quantitative estimate of drug-likeness (QED) is 0.425. The van der Waals surface area contributed by atoms with Gasteiger partial charge in [0.2, 0.25) is 8.32 Å². The molecular weight excluding hydrogens is 296 g/mol. The van der Waals surface area contributed by atoms with E-state index in [0.29, 0.717) is 0 Å². The third kappa shape index (κ3) is 2.90. The highest BCUT2D eigenvalue weighted by molar-refractivity contribution is 6.87. The first-order chi connectivity index (χ1) is 11.3. The van der Waals surface area contributed by atoms with Crippen molar-refractivity contribution in [2.24, 2.45) is 0 Å². The molecule has 0 aliphatic heterocycles. The Bertz CT molecular complexity index is 673. The molecule has 0 amide bonds. The average Bonchev–Trinajstić information content (AvgIpc) is 2.98. The van der Waals surface area contributed by atoms with Crippen LogP contribution in [0.25, 0.3) is 11.1 Å².